The first kappa shape index (κ1) is 12.9. The van der Waals surface area contributed by atoms with Gasteiger partial charge in [-0.05, 0) is 29.7 Å². The van der Waals surface area contributed by atoms with Gasteiger partial charge in [-0.15, -0.1) is 0 Å². The molecule has 0 saturated carbocycles. The van der Waals surface area contributed by atoms with E-state index in [0.29, 0.717) is 6.04 Å². The van der Waals surface area contributed by atoms with Gasteiger partial charge >= 0.3 is 0 Å². The van der Waals surface area contributed by atoms with Crippen molar-refractivity contribution in [2.75, 3.05) is 0 Å². The molecule has 3 aromatic rings. The van der Waals surface area contributed by atoms with Crippen LogP contribution in [-0.2, 0) is 6.54 Å². The fourth-order valence-corrected chi connectivity index (χ4v) is 2.58. The molecule has 2 heterocycles. The van der Waals surface area contributed by atoms with Gasteiger partial charge in [-0.3, -0.25) is 0 Å². The van der Waals surface area contributed by atoms with Gasteiger partial charge in [0.25, 0.3) is 0 Å². The third-order valence-electron chi connectivity index (χ3n) is 3.69. The van der Waals surface area contributed by atoms with Gasteiger partial charge in [0.1, 0.15) is 5.65 Å². The van der Waals surface area contributed by atoms with E-state index in [-0.39, 0.29) is 0 Å². The highest BCUT2D eigenvalue weighted by Gasteiger charge is 2.10. The summed E-state index contributed by atoms with van der Waals surface area (Å²) in [6.45, 7) is 3.06. The summed E-state index contributed by atoms with van der Waals surface area (Å²) in [6, 6.07) is 15.1. The van der Waals surface area contributed by atoms with E-state index in [0.717, 1.165) is 18.6 Å². The molecule has 0 spiro atoms. The fraction of sp³-hybridized carbons (Fsp3) is 0.235. The molecule has 1 unspecified atom stereocenters. The van der Waals surface area contributed by atoms with E-state index in [4.69, 9.17) is 0 Å². The molecule has 2 aromatic heterocycles. The van der Waals surface area contributed by atoms with Crippen molar-refractivity contribution >= 4 is 11.0 Å². The van der Waals surface area contributed by atoms with E-state index in [1.165, 1.54) is 16.5 Å². The van der Waals surface area contributed by atoms with Crippen molar-refractivity contribution in [1.82, 2.24) is 15.3 Å². The Morgan fingerprint density at radius 1 is 1.15 bits per heavy atom. The second-order valence-electron chi connectivity index (χ2n) is 4.97. The molecule has 0 saturated heterocycles. The SMILES string of the molecule is CCC(NCc1c[nH]c2ncccc12)c1ccccc1. The zero-order valence-corrected chi connectivity index (χ0v) is 11.6. The first-order chi connectivity index (χ1) is 9.88. The Morgan fingerprint density at radius 3 is 2.80 bits per heavy atom. The molecule has 1 aromatic carbocycles. The van der Waals surface area contributed by atoms with Crippen molar-refractivity contribution in [3.8, 4) is 0 Å². The van der Waals surface area contributed by atoms with Crippen molar-refractivity contribution in [3.63, 3.8) is 0 Å². The van der Waals surface area contributed by atoms with Crippen molar-refractivity contribution in [2.45, 2.75) is 25.9 Å². The summed E-state index contributed by atoms with van der Waals surface area (Å²) in [6.07, 6.45) is 4.93. The number of aromatic amines is 1. The van der Waals surface area contributed by atoms with Crippen LogP contribution < -0.4 is 5.32 Å². The lowest BCUT2D eigenvalue weighted by atomic mass is 10.0. The van der Waals surface area contributed by atoms with Crippen LogP contribution >= 0.6 is 0 Å². The zero-order chi connectivity index (χ0) is 13.8. The predicted octanol–water partition coefficient (Wildman–Crippen LogP) is 3.80. The lowest BCUT2D eigenvalue weighted by Crippen LogP contribution is -2.20. The van der Waals surface area contributed by atoms with Gasteiger partial charge in [-0.25, -0.2) is 4.98 Å². The standard InChI is InChI=1S/C17H19N3/c1-2-16(13-7-4-3-5-8-13)19-11-14-12-20-17-15(14)9-6-10-18-17/h3-10,12,16,19H,2,11H2,1H3,(H,18,20). The molecule has 3 heteroatoms. The van der Waals surface area contributed by atoms with E-state index in [1.807, 2.05) is 18.5 Å². The number of nitrogens with one attached hydrogen (secondary N) is 2. The molecule has 2 N–H and O–H groups in total. The van der Waals surface area contributed by atoms with Crippen molar-refractivity contribution in [3.05, 3.63) is 66.0 Å². The summed E-state index contributed by atoms with van der Waals surface area (Å²) in [5, 5.41) is 4.83. The van der Waals surface area contributed by atoms with Gasteiger partial charge in [0, 0.05) is 30.4 Å². The van der Waals surface area contributed by atoms with Gasteiger partial charge in [-0.2, -0.15) is 0 Å². The van der Waals surface area contributed by atoms with Crippen molar-refractivity contribution < 1.29 is 0 Å². The number of rotatable bonds is 5. The molecular formula is C17H19N3. The van der Waals surface area contributed by atoms with Gasteiger partial charge in [0.2, 0.25) is 0 Å². The largest absolute Gasteiger partial charge is 0.346 e. The van der Waals surface area contributed by atoms with Crippen LogP contribution in [0, 0.1) is 0 Å². The Labute approximate surface area is 119 Å². The molecule has 0 aliphatic heterocycles. The van der Waals surface area contributed by atoms with Gasteiger partial charge in [0.15, 0.2) is 0 Å². The lowest BCUT2D eigenvalue weighted by Gasteiger charge is -2.17. The molecule has 0 bridgehead atoms. The van der Waals surface area contributed by atoms with Gasteiger partial charge in [-0.1, -0.05) is 37.3 Å². The van der Waals surface area contributed by atoms with E-state index in [1.54, 1.807) is 0 Å². The smallest absolute Gasteiger partial charge is 0.137 e. The third-order valence-corrected chi connectivity index (χ3v) is 3.69. The van der Waals surface area contributed by atoms with Crippen LogP contribution in [0.5, 0.6) is 0 Å². The maximum absolute atomic E-state index is 4.32. The molecule has 102 valence electrons. The fourth-order valence-electron chi connectivity index (χ4n) is 2.58. The number of nitrogens with zero attached hydrogens (tertiary/aromatic N) is 1. The number of fused-ring (bicyclic) bond motifs is 1. The summed E-state index contributed by atoms with van der Waals surface area (Å²) in [7, 11) is 0. The third kappa shape index (κ3) is 2.58. The first-order valence-corrected chi connectivity index (χ1v) is 7.07. The summed E-state index contributed by atoms with van der Waals surface area (Å²) >= 11 is 0. The normalized spacial score (nSPS) is 12.7. The number of H-pyrrole nitrogens is 1. The monoisotopic (exact) mass is 265 g/mol. The van der Waals surface area contributed by atoms with Crippen molar-refractivity contribution in [2.24, 2.45) is 0 Å². The van der Waals surface area contributed by atoms with E-state index < -0.39 is 0 Å². The molecule has 1 atom stereocenters. The Morgan fingerprint density at radius 2 is 2.00 bits per heavy atom. The Balaban J connectivity index is 1.75. The van der Waals surface area contributed by atoms with Crippen molar-refractivity contribution in [1.29, 1.82) is 0 Å². The van der Waals surface area contributed by atoms with E-state index >= 15 is 0 Å². The van der Waals surface area contributed by atoms with Crippen LogP contribution in [-0.4, -0.2) is 9.97 Å². The molecule has 0 fully saturated rings. The number of pyridine rings is 1. The topological polar surface area (TPSA) is 40.7 Å². The van der Waals surface area contributed by atoms with Gasteiger partial charge in [0.05, 0.1) is 0 Å². The maximum Gasteiger partial charge on any atom is 0.137 e. The molecular weight excluding hydrogens is 246 g/mol. The highest BCUT2D eigenvalue weighted by atomic mass is 14.9. The van der Waals surface area contributed by atoms with E-state index in [9.17, 15) is 0 Å². The zero-order valence-electron chi connectivity index (χ0n) is 11.6. The average molecular weight is 265 g/mol. The molecule has 3 rings (SSSR count). The quantitative estimate of drug-likeness (QED) is 0.736. The number of aromatic nitrogens is 2. The van der Waals surface area contributed by atoms with Crippen LogP contribution in [0.4, 0.5) is 0 Å². The highest BCUT2D eigenvalue weighted by molar-refractivity contribution is 5.79. The summed E-state index contributed by atoms with van der Waals surface area (Å²) in [5.74, 6) is 0. The molecule has 0 aliphatic carbocycles. The molecule has 20 heavy (non-hydrogen) atoms. The van der Waals surface area contributed by atoms with E-state index in [2.05, 4.69) is 58.6 Å². The molecule has 0 aliphatic rings. The Bertz CT molecular complexity index is 673. The van der Waals surface area contributed by atoms with Crippen LogP contribution in [0.25, 0.3) is 11.0 Å². The minimum Gasteiger partial charge on any atom is -0.346 e. The predicted molar refractivity (Wildman–Crippen MR) is 82.4 cm³/mol. The van der Waals surface area contributed by atoms with Crippen LogP contribution in [0.3, 0.4) is 0 Å². The molecule has 3 nitrogen and oxygen atoms in total. The number of hydrogen-bond donors (Lipinski definition) is 2. The van der Waals surface area contributed by atoms with Crippen LogP contribution in [0.15, 0.2) is 54.9 Å². The minimum absolute atomic E-state index is 0.387. The number of hydrogen-bond acceptors (Lipinski definition) is 2. The summed E-state index contributed by atoms with van der Waals surface area (Å²) in [5.41, 5.74) is 3.56. The van der Waals surface area contributed by atoms with Gasteiger partial charge < -0.3 is 10.3 Å². The maximum atomic E-state index is 4.32. The van der Waals surface area contributed by atoms with Crippen LogP contribution in [0.2, 0.25) is 0 Å². The van der Waals surface area contributed by atoms with Crippen LogP contribution in [0.1, 0.15) is 30.5 Å². The highest BCUT2D eigenvalue weighted by Crippen LogP contribution is 2.19. The Kier molecular flexibility index (Phi) is 3.79. The second kappa shape index (κ2) is 5.88. The lowest BCUT2D eigenvalue weighted by molar-refractivity contribution is 0.520. The summed E-state index contributed by atoms with van der Waals surface area (Å²) in [4.78, 5) is 7.54. The first-order valence-electron chi connectivity index (χ1n) is 7.07. The minimum atomic E-state index is 0.387. The molecule has 0 amide bonds. The average Bonchev–Trinajstić information content (AvgIpc) is 2.92. The number of benzene rings is 1. The molecule has 0 radical (unpaired) electrons. The second-order valence-corrected chi connectivity index (χ2v) is 4.97. The Hall–Kier alpha value is -2.13. The summed E-state index contributed by atoms with van der Waals surface area (Å²) < 4.78 is 0.